The summed E-state index contributed by atoms with van der Waals surface area (Å²) >= 11 is 0. The fourth-order valence-electron chi connectivity index (χ4n) is 0.978. The van der Waals surface area contributed by atoms with E-state index in [0.29, 0.717) is 13.0 Å². The SMILES string of the molecule is CCN(CC)CCC[N]C=O. The fourth-order valence-corrected chi connectivity index (χ4v) is 0.978. The van der Waals surface area contributed by atoms with E-state index < -0.39 is 0 Å². The van der Waals surface area contributed by atoms with Gasteiger partial charge < -0.3 is 4.90 Å². The minimum atomic E-state index is 0.627. The van der Waals surface area contributed by atoms with Crippen LogP contribution in [0.3, 0.4) is 0 Å². The molecule has 0 aromatic carbocycles. The monoisotopic (exact) mass is 157 g/mol. The van der Waals surface area contributed by atoms with Gasteiger partial charge in [0.25, 0.3) is 0 Å². The normalized spacial score (nSPS) is 10.1. The van der Waals surface area contributed by atoms with Crippen LogP contribution in [0.5, 0.6) is 0 Å². The Hall–Kier alpha value is -0.570. The number of rotatable bonds is 7. The van der Waals surface area contributed by atoms with Gasteiger partial charge in [0.1, 0.15) is 0 Å². The first kappa shape index (κ1) is 10.4. The molecular weight excluding hydrogens is 140 g/mol. The second-order valence-electron chi connectivity index (χ2n) is 2.39. The Bertz CT molecular complexity index is 92.1. The van der Waals surface area contributed by atoms with Crippen LogP contribution in [0.4, 0.5) is 0 Å². The van der Waals surface area contributed by atoms with Gasteiger partial charge in [0, 0.05) is 6.54 Å². The van der Waals surface area contributed by atoms with Gasteiger partial charge in [-0.25, -0.2) is 0 Å². The number of carbonyl (C=O) groups excluding carboxylic acids is 1. The molecule has 0 atom stereocenters. The van der Waals surface area contributed by atoms with Crippen molar-refractivity contribution in [2.75, 3.05) is 26.2 Å². The van der Waals surface area contributed by atoms with Gasteiger partial charge in [-0.05, 0) is 26.1 Å². The Kier molecular flexibility index (Phi) is 7.15. The molecule has 0 saturated heterocycles. The molecule has 0 aromatic rings. The van der Waals surface area contributed by atoms with E-state index >= 15 is 0 Å². The molecule has 0 aromatic heterocycles. The Balaban J connectivity index is 3.13. The van der Waals surface area contributed by atoms with E-state index in [9.17, 15) is 4.79 Å². The van der Waals surface area contributed by atoms with E-state index in [4.69, 9.17) is 0 Å². The van der Waals surface area contributed by atoms with Gasteiger partial charge in [-0.15, -0.1) is 0 Å². The lowest BCUT2D eigenvalue weighted by molar-refractivity contribution is -0.109. The third-order valence-corrected chi connectivity index (χ3v) is 1.73. The lowest BCUT2D eigenvalue weighted by Crippen LogP contribution is -2.25. The molecule has 11 heavy (non-hydrogen) atoms. The molecule has 0 heterocycles. The van der Waals surface area contributed by atoms with Crippen molar-refractivity contribution in [1.82, 2.24) is 10.2 Å². The Morgan fingerprint density at radius 1 is 1.36 bits per heavy atom. The van der Waals surface area contributed by atoms with E-state index in [1.165, 1.54) is 0 Å². The van der Waals surface area contributed by atoms with Crippen LogP contribution in [0.2, 0.25) is 0 Å². The third-order valence-electron chi connectivity index (χ3n) is 1.73. The van der Waals surface area contributed by atoms with Crippen LogP contribution in [-0.4, -0.2) is 37.5 Å². The summed E-state index contributed by atoms with van der Waals surface area (Å²) in [5.74, 6) is 0. The summed E-state index contributed by atoms with van der Waals surface area (Å²) in [6, 6.07) is 0. The molecule has 0 fully saturated rings. The highest BCUT2D eigenvalue weighted by Crippen LogP contribution is 1.88. The van der Waals surface area contributed by atoms with Gasteiger partial charge in [-0.2, -0.15) is 0 Å². The average Bonchev–Trinajstić information content (AvgIpc) is 2.05. The zero-order valence-electron chi connectivity index (χ0n) is 7.42. The summed E-state index contributed by atoms with van der Waals surface area (Å²) in [4.78, 5) is 12.1. The molecular formula is C8H17N2O. The van der Waals surface area contributed by atoms with Crippen molar-refractivity contribution in [2.45, 2.75) is 20.3 Å². The molecule has 65 valence electrons. The molecule has 3 heteroatoms. The quantitative estimate of drug-likeness (QED) is 0.398. The van der Waals surface area contributed by atoms with Crippen LogP contribution in [0, 0.1) is 0 Å². The second-order valence-corrected chi connectivity index (χ2v) is 2.39. The van der Waals surface area contributed by atoms with Crippen molar-refractivity contribution < 1.29 is 4.79 Å². The van der Waals surface area contributed by atoms with Crippen molar-refractivity contribution in [3.05, 3.63) is 0 Å². The molecule has 0 aliphatic carbocycles. The van der Waals surface area contributed by atoms with Crippen LogP contribution in [0.1, 0.15) is 20.3 Å². The predicted octanol–water partition coefficient (Wildman–Crippen LogP) is 0.479. The van der Waals surface area contributed by atoms with Crippen LogP contribution in [-0.2, 0) is 4.79 Å². The molecule has 1 amide bonds. The molecule has 0 saturated carbocycles. The maximum absolute atomic E-state index is 9.81. The highest BCUT2D eigenvalue weighted by molar-refractivity contribution is 5.45. The van der Waals surface area contributed by atoms with Crippen molar-refractivity contribution >= 4 is 6.41 Å². The van der Waals surface area contributed by atoms with E-state index in [0.717, 1.165) is 26.1 Å². The van der Waals surface area contributed by atoms with Gasteiger partial charge >= 0.3 is 0 Å². The first-order valence-corrected chi connectivity index (χ1v) is 4.17. The van der Waals surface area contributed by atoms with Crippen LogP contribution < -0.4 is 5.32 Å². The highest BCUT2D eigenvalue weighted by Gasteiger charge is 1.96. The summed E-state index contributed by atoms with van der Waals surface area (Å²) in [6.45, 7) is 8.15. The van der Waals surface area contributed by atoms with E-state index in [1.807, 2.05) is 0 Å². The first-order chi connectivity index (χ1) is 5.35. The zero-order valence-corrected chi connectivity index (χ0v) is 7.42. The Morgan fingerprint density at radius 3 is 2.45 bits per heavy atom. The molecule has 0 rings (SSSR count). The molecule has 3 nitrogen and oxygen atoms in total. The lowest BCUT2D eigenvalue weighted by atomic mass is 10.3. The van der Waals surface area contributed by atoms with Crippen LogP contribution in [0.15, 0.2) is 0 Å². The molecule has 0 aliphatic rings. The zero-order chi connectivity index (χ0) is 8.53. The Morgan fingerprint density at radius 2 is 2.00 bits per heavy atom. The van der Waals surface area contributed by atoms with Crippen LogP contribution in [0.25, 0.3) is 0 Å². The highest BCUT2D eigenvalue weighted by atomic mass is 16.1. The number of carbonyl (C=O) groups is 1. The minimum Gasteiger partial charge on any atom is -0.304 e. The number of amides is 1. The molecule has 0 N–H and O–H groups in total. The van der Waals surface area contributed by atoms with Crippen molar-refractivity contribution in [3.8, 4) is 0 Å². The fraction of sp³-hybridized carbons (Fsp3) is 0.875. The van der Waals surface area contributed by atoms with Crippen molar-refractivity contribution in [3.63, 3.8) is 0 Å². The largest absolute Gasteiger partial charge is 0.304 e. The van der Waals surface area contributed by atoms with Gasteiger partial charge in [0.15, 0.2) is 0 Å². The average molecular weight is 157 g/mol. The smallest absolute Gasteiger partial charge is 0.228 e. The number of hydrogen-bond acceptors (Lipinski definition) is 2. The van der Waals surface area contributed by atoms with Gasteiger partial charge in [-0.3, -0.25) is 10.1 Å². The lowest BCUT2D eigenvalue weighted by Gasteiger charge is -2.16. The van der Waals surface area contributed by atoms with Crippen LogP contribution >= 0.6 is 0 Å². The number of hydrogen-bond donors (Lipinski definition) is 0. The molecule has 0 bridgehead atoms. The topological polar surface area (TPSA) is 34.4 Å². The van der Waals surface area contributed by atoms with Gasteiger partial charge in [0.05, 0.1) is 0 Å². The maximum atomic E-state index is 9.81. The van der Waals surface area contributed by atoms with E-state index in [-0.39, 0.29) is 0 Å². The second kappa shape index (κ2) is 7.54. The van der Waals surface area contributed by atoms with E-state index in [1.54, 1.807) is 0 Å². The molecule has 1 radical (unpaired) electrons. The molecule has 0 aliphatic heterocycles. The van der Waals surface area contributed by atoms with Crippen molar-refractivity contribution in [1.29, 1.82) is 0 Å². The first-order valence-electron chi connectivity index (χ1n) is 4.17. The van der Waals surface area contributed by atoms with Gasteiger partial charge in [0.2, 0.25) is 6.41 Å². The van der Waals surface area contributed by atoms with Crippen molar-refractivity contribution in [2.24, 2.45) is 0 Å². The molecule has 0 spiro atoms. The molecule has 0 unspecified atom stereocenters. The summed E-state index contributed by atoms with van der Waals surface area (Å²) in [5.41, 5.74) is 0. The summed E-state index contributed by atoms with van der Waals surface area (Å²) in [5, 5.41) is 3.61. The predicted molar refractivity (Wildman–Crippen MR) is 45.5 cm³/mol. The van der Waals surface area contributed by atoms with E-state index in [2.05, 4.69) is 24.1 Å². The minimum absolute atomic E-state index is 0.627. The van der Waals surface area contributed by atoms with Gasteiger partial charge in [-0.1, -0.05) is 13.8 Å². The third kappa shape index (κ3) is 5.85. The summed E-state index contributed by atoms with van der Waals surface area (Å²) in [6.07, 6.45) is 1.61. The standard InChI is InChI=1S/C8H17N2O/c1-3-10(4-2)7-5-6-9-8-11/h8H,3-7H2,1-2H3. The summed E-state index contributed by atoms with van der Waals surface area (Å²) in [7, 11) is 0. The maximum Gasteiger partial charge on any atom is 0.228 e. The Labute approximate surface area is 68.8 Å². The number of nitrogens with zero attached hydrogens (tertiary/aromatic N) is 2. The summed E-state index contributed by atoms with van der Waals surface area (Å²) < 4.78 is 0.